The van der Waals surface area contributed by atoms with E-state index in [4.69, 9.17) is 4.74 Å². The molecule has 0 radical (unpaired) electrons. The lowest BCUT2D eigenvalue weighted by molar-refractivity contribution is -0.158. The van der Waals surface area contributed by atoms with Crippen molar-refractivity contribution in [2.75, 3.05) is 19.4 Å². The van der Waals surface area contributed by atoms with Gasteiger partial charge in [-0.05, 0) is 35.2 Å². The van der Waals surface area contributed by atoms with Gasteiger partial charge in [-0.25, -0.2) is 30.7 Å². The predicted molar refractivity (Wildman–Crippen MR) is 112 cm³/mol. The highest BCUT2D eigenvalue weighted by molar-refractivity contribution is 7.88. The summed E-state index contributed by atoms with van der Waals surface area (Å²) in [4.78, 5) is 13.8. The van der Waals surface area contributed by atoms with Gasteiger partial charge in [0.2, 0.25) is 10.0 Å². The highest BCUT2D eigenvalue weighted by Gasteiger charge is 2.57. The van der Waals surface area contributed by atoms with Crippen molar-refractivity contribution in [1.82, 2.24) is 9.62 Å². The lowest BCUT2D eigenvalue weighted by atomic mass is 9.95. The summed E-state index contributed by atoms with van der Waals surface area (Å²) < 4.78 is 87.8. The molecule has 6 nitrogen and oxygen atoms in total. The van der Waals surface area contributed by atoms with Gasteiger partial charge < -0.3 is 9.64 Å². The average Bonchev–Trinajstić information content (AvgIpc) is 2.89. The second-order valence-electron chi connectivity index (χ2n) is 8.37. The number of sulfonamides is 1. The molecular weight excluding hydrogens is 464 g/mol. The molecule has 0 spiro atoms. The molecule has 2 aliphatic heterocycles. The van der Waals surface area contributed by atoms with Crippen molar-refractivity contribution in [3.05, 3.63) is 59.7 Å². The van der Waals surface area contributed by atoms with Crippen LogP contribution in [0.5, 0.6) is 0 Å². The number of carbonyl (C=O) groups excluding carboxylic acids is 1. The monoisotopic (exact) mass is 486 g/mol. The number of ether oxygens (including phenoxy) is 1. The predicted octanol–water partition coefficient (Wildman–Crippen LogP) is 2.73. The van der Waals surface area contributed by atoms with Crippen molar-refractivity contribution in [3.8, 4) is 11.1 Å². The van der Waals surface area contributed by atoms with Crippen LogP contribution in [-0.4, -0.2) is 62.7 Å². The normalized spacial score (nSPS) is 24.5. The Hall–Kier alpha value is -2.50. The Labute approximate surface area is 188 Å². The molecule has 2 fully saturated rings. The largest absolute Gasteiger partial charge is 0.368 e. The molecule has 2 aromatic carbocycles. The van der Waals surface area contributed by atoms with E-state index in [1.54, 1.807) is 24.3 Å². The number of carbonyl (C=O) groups is 1. The van der Waals surface area contributed by atoms with Crippen molar-refractivity contribution in [2.24, 2.45) is 0 Å². The van der Waals surface area contributed by atoms with Gasteiger partial charge in [0.15, 0.2) is 0 Å². The molecule has 0 aromatic heterocycles. The molecule has 2 saturated heterocycles. The number of nitrogens with one attached hydrogen (secondary N) is 1. The molecule has 0 aliphatic carbocycles. The maximum atomic E-state index is 14.9. The maximum absolute atomic E-state index is 14.9. The molecule has 3 atom stereocenters. The second-order valence-corrected chi connectivity index (χ2v) is 10.2. The summed E-state index contributed by atoms with van der Waals surface area (Å²) >= 11 is 0. The van der Waals surface area contributed by atoms with E-state index in [0.29, 0.717) is 24.2 Å². The molecule has 2 aliphatic rings. The topological polar surface area (TPSA) is 75.7 Å². The van der Waals surface area contributed by atoms with E-state index in [2.05, 4.69) is 0 Å². The van der Waals surface area contributed by atoms with E-state index in [0.717, 1.165) is 29.4 Å². The van der Waals surface area contributed by atoms with Crippen LogP contribution in [0.25, 0.3) is 11.1 Å². The molecule has 2 aromatic rings. The third-order valence-electron chi connectivity index (χ3n) is 5.79. The minimum Gasteiger partial charge on any atom is -0.368 e. The average molecular weight is 486 g/mol. The van der Waals surface area contributed by atoms with Crippen molar-refractivity contribution in [3.63, 3.8) is 0 Å². The van der Waals surface area contributed by atoms with Crippen molar-refractivity contribution >= 4 is 15.9 Å². The number of likely N-dealkylation sites (tertiary alicyclic amines) is 1. The van der Waals surface area contributed by atoms with Gasteiger partial charge in [-0.3, -0.25) is 4.79 Å². The molecule has 0 bridgehead atoms. The number of rotatable bonds is 6. The van der Waals surface area contributed by atoms with Crippen molar-refractivity contribution in [1.29, 1.82) is 0 Å². The Bertz CT molecular complexity index is 1150. The minimum atomic E-state index is -4.01. The van der Waals surface area contributed by atoms with E-state index < -0.39 is 58.2 Å². The highest BCUT2D eigenvalue weighted by atomic mass is 32.2. The Morgan fingerprint density at radius 1 is 1.15 bits per heavy atom. The molecule has 2 heterocycles. The number of nitrogens with zero attached hydrogens (tertiary/aromatic N) is 1. The van der Waals surface area contributed by atoms with Gasteiger partial charge in [0.1, 0.15) is 23.8 Å². The molecule has 0 saturated carbocycles. The summed E-state index contributed by atoms with van der Waals surface area (Å²) in [6, 6.07) is 6.39. The van der Waals surface area contributed by atoms with Gasteiger partial charge in [0.05, 0.1) is 25.4 Å². The second kappa shape index (κ2) is 8.69. The summed E-state index contributed by atoms with van der Waals surface area (Å²) in [7, 11) is -4.01. The Balaban J connectivity index is 1.68. The number of hydrogen-bond acceptors (Lipinski definition) is 4. The maximum Gasteiger partial charge on any atom is 0.283 e. The zero-order valence-electron chi connectivity index (χ0n) is 17.6. The Morgan fingerprint density at radius 2 is 1.82 bits per heavy atom. The van der Waals surface area contributed by atoms with E-state index in [-0.39, 0.29) is 12.0 Å². The highest BCUT2D eigenvalue weighted by Crippen LogP contribution is 2.36. The summed E-state index contributed by atoms with van der Waals surface area (Å²) in [5.41, 5.74) is 1.20. The van der Waals surface area contributed by atoms with Gasteiger partial charge in [0, 0.05) is 12.5 Å². The molecule has 1 amide bonds. The molecule has 178 valence electrons. The molecule has 1 N–H and O–H groups in total. The number of hydrogen-bond donors (Lipinski definition) is 1. The van der Waals surface area contributed by atoms with Gasteiger partial charge in [-0.2, -0.15) is 0 Å². The van der Waals surface area contributed by atoms with E-state index in [9.17, 15) is 30.8 Å². The first kappa shape index (κ1) is 23.7. The van der Waals surface area contributed by atoms with E-state index in [1.807, 2.05) is 4.72 Å². The van der Waals surface area contributed by atoms with Crippen LogP contribution in [0.1, 0.15) is 12.0 Å². The Kier molecular flexibility index (Phi) is 6.23. The number of halogens is 4. The number of amides is 1. The molecule has 4 rings (SSSR count). The van der Waals surface area contributed by atoms with Crippen molar-refractivity contribution < 1.29 is 35.5 Å². The fourth-order valence-electron chi connectivity index (χ4n) is 4.22. The number of benzene rings is 2. The molecule has 33 heavy (non-hydrogen) atoms. The summed E-state index contributed by atoms with van der Waals surface area (Å²) in [6.45, 7) is -0.596. The molecular formula is C22H22F4N2O4S. The first-order valence-corrected chi connectivity index (χ1v) is 12.1. The SMILES string of the molecule is CS(=O)(=O)N[C@@H]1[C@H](Cc2cccc(-c3cc(F)cc(F)c3)c2)N(C(=O)C2CCO2)CC1(F)F. The van der Waals surface area contributed by atoms with Crippen LogP contribution in [0.3, 0.4) is 0 Å². The third kappa shape index (κ3) is 5.20. The molecule has 1 unspecified atom stereocenters. The van der Waals surface area contributed by atoms with Crippen LogP contribution in [-0.2, 0) is 26.0 Å². The fourth-order valence-corrected chi connectivity index (χ4v) is 5.01. The van der Waals surface area contributed by atoms with Crippen LogP contribution < -0.4 is 4.72 Å². The van der Waals surface area contributed by atoms with E-state index >= 15 is 0 Å². The zero-order valence-corrected chi connectivity index (χ0v) is 18.4. The molecule has 11 heteroatoms. The quantitative estimate of drug-likeness (QED) is 0.638. The van der Waals surface area contributed by atoms with Gasteiger partial charge in [-0.1, -0.05) is 24.3 Å². The zero-order chi connectivity index (χ0) is 24.0. The standard InChI is InChI=1S/C22H22F4N2O4S/c1-33(30,31)27-20-18(28(12-22(20,25)26)21(29)19-5-6-32-19)8-13-3-2-4-14(7-13)15-9-16(23)11-17(24)10-15/h2-4,7,9-11,18-20,27H,5-6,8,12H2,1H3/t18-,19?,20+/m0/s1. The lowest BCUT2D eigenvalue weighted by Gasteiger charge is -2.33. The number of alkyl halides is 2. The first-order chi connectivity index (χ1) is 15.4. The smallest absolute Gasteiger partial charge is 0.283 e. The summed E-state index contributed by atoms with van der Waals surface area (Å²) in [5, 5.41) is 0. The van der Waals surface area contributed by atoms with Crippen LogP contribution in [0.2, 0.25) is 0 Å². The fraction of sp³-hybridized carbons (Fsp3) is 0.409. The first-order valence-electron chi connectivity index (χ1n) is 10.3. The Morgan fingerprint density at radius 3 is 2.39 bits per heavy atom. The van der Waals surface area contributed by atoms with E-state index in [1.165, 1.54) is 0 Å². The third-order valence-corrected chi connectivity index (χ3v) is 6.47. The summed E-state index contributed by atoms with van der Waals surface area (Å²) in [5.74, 6) is -5.65. The van der Waals surface area contributed by atoms with Gasteiger partial charge in [0.25, 0.3) is 11.8 Å². The minimum absolute atomic E-state index is 0.104. The summed E-state index contributed by atoms with van der Waals surface area (Å²) in [6.07, 6.45) is 0.242. The van der Waals surface area contributed by atoms with Crippen LogP contribution in [0.15, 0.2) is 42.5 Å². The van der Waals surface area contributed by atoms with Crippen molar-refractivity contribution in [2.45, 2.75) is 37.0 Å². The van der Waals surface area contributed by atoms with Gasteiger partial charge in [-0.15, -0.1) is 0 Å². The van der Waals surface area contributed by atoms with Crippen LogP contribution >= 0.6 is 0 Å². The van der Waals surface area contributed by atoms with Crippen LogP contribution in [0.4, 0.5) is 17.6 Å². The van der Waals surface area contributed by atoms with Crippen LogP contribution in [0, 0.1) is 11.6 Å². The van der Waals surface area contributed by atoms with Gasteiger partial charge >= 0.3 is 0 Å². The lowest BCUT2D eigenvalue weighted by Crippen LogP contribution is -2.54.